The Kier molecular flexibility index (Phi) is 3.25. The predicted molar refractivity (Wildman–Crippen MR) is 83.7 cm³/mol. The van der Waals surface area contributed by atoms with Crippen molar-refractivity contribution in [3.05, 3.63) is 77.0 Å². The first-order valence-electron chi connectivity index (χ1n) is 6.83. The van der Waals surface area contributed by atoms with E-state index in [9.17, 15) is 0 Å². The van der Waals surface area contributed by atoms with Crippen molar-refractivity contribution in [1.29, 1.82) is 0 Å². The number of aromatic nitrogens is 1. The first-order chi connectivity index (χ1) is 9.65. The number of hydrogen-bond donors (Lipinski definition) is 1. The number of benzene rings is 2. The molecule has 2 heteroatoms. The number of pyridine rings is 1. The zero-order valence-corrected chi connectivity index (χ0v) is 11.8. The van der Waals surface area contributed by atoms with Gasteiger partial charge < -0.3 is 5.73 Å². The van der Waals surface area contributed by atoms with Gasteiger partial charge in [-0.25, -0.2) is 0 Å². The molecule has 0 aliphatic rings. The van der Waals surface area contributed by atoms with Gasteiger partial charge in [-0.3, -0.25) is 4.98 Å². The molecular weight excluding hydrogens is 244 g/mol. The number of nitrogens with two attached hydrogens (primary N) is 1. The maximum Gasteiger partial charge on any atom is 0.0729 e. The summed E-state index contributed by atoms with van der Waals surface area (Å²) in [4.78, 5) is 4.69. The third-order valence-corrected chi connectivity index (χ3v) is 3.70. The molecule has 1 unspecified atom stereocenters. The molecule has 1 heterocycles. The molecule has 0 spiro atoms. The lowest BCUT2D eigenvalue weighted by atomic mass is 9.97. The van der Waals surface area contributed by atoms with Crippen LogP contribution < -0.4 is 5.73 Å². The zero-order valence-electron chi connectivity index (χ0n) is 11.8. The van der Waals surface area contributed by atoms with Crippen LogP contribution in [0, 0.1) is 13.8 Å². The van der Waals surface area contributed by atoms with E-state index in [0.29, 0.717) is 0 Å². The number of para-hydroxylation sites is 1. The zero-order chi connectivity index (χ0) is 14.1. The molecule has 2 nitrogen and oxygen atoms in total. The number of nitrogens with zero attached hydrogens (tertiary/aromatic N) is 1. The van der Waals surface area contributed by atoms with E-state index in [1.807, 2.05) is 24.3 Å². The molecule has 0 aliphatic carbocycles. The van der Waals surface area contributed by atoms with Crippen molar-refractivity contribution in [2.75, 3.05) is 0 Å². The van der Waals surface area contributed by atoms with Crippen molar-refractivity contribution in [2.45, 2.75) is 19.9 Å². The van der Waals surface area contributed by atoms with E-state index < -0.39 is 0 Å². The smallest absolute Gasteiger partial charge is 0.0729 e. The minimum atomic E-state index is -0.180. The minimum absolute atomic E-state index is 0.180. The summed E-state index contributed by atoms with van der Waals surface area (Å²) < 4.78 is 0. The van der Waals surface area contributed by atoms with Gasteiger partial charge in [-0.15, -0.1) is 0 Å². The van der Waals surface area contributed by atoms with Crippen LogP contribution in [0.25, 0.3) is 10.9 Å². The van der Waals surface area contributed by atoms with Crippen LogP contribution in [0.4, 0.5) is 0 Å². The highest BCUT2D eigenvalue weighted by Crippen LogP contribution is 2.24. The van der Waals surface area contributed by atoms with Crippen molar-refractivity contribution in [2.24, 2.45) is 5.73 Å². The largest absolute Gasteiger partial charge is 0.319 e. The average molecular weight is 262 g/mol. The van der Waals surface area contributed by atoms with E-state index in [-0.39, 0.29) is 6.04 Å². The number of fused-ring (bicyclic) bond motifs is 1. The van der Waals surface area contributed by atoms with E-state index in [1.54, 1.807) is 0 Å². The Labute approximate surface area is 119 Å². The summed E-state index contributed by atoms with van der Waals surface area (Å²) in [5, 5.41) is 1.14. The first kappa shape index (κ1) is 12.8. The Hall–Kier alpha value is -2.19. The van der Waals surface area contributed by atoms with Crippen LogP contribution >= 0.6 is 0 Å². The second-order valence-corrected chi connectivity index (χ2v) is 5.27. The normalized spacial score (nSPS) is 12.6. The van der Waals surface area contributed by atoms with Gasteiger partial charge in [0.25, 0.3) is 0 Å². The van der Waals surface area contributed by atoms with Crippen LogP contribution in [-0.2, 0) is 0 Å². The summed E-state index contributed by atoms with van der Waals surface area (Å²) in [6, 6.07) is 18.4. The molecule has 0 saturated heterocycles. The van der Waals surface area contributed by atoms with E-state index in [4.69, 9.17) is 10.7 Å². The summed E-state index contributed by atoms with van der Waals surface area (Å²) in [5.74, 6) is 0. The highest BCUT2D eigenvalue weighted by atomic mass is 14.8. The van der Waals surface area contributed by atoms with Crippen LogP contribution in [0.3, 0.4) is 0 Å². The van der Waals surface area contributed by atoms with Gasteiger partial charge in [0.1, 0.15) is 0 Å². The molecule has 0 bridgehead atoms. The van der Waals surface area contributed by atoms with Crippen molar-refractivity contribution in [3.63, 3.8) is 0 Å². The molecule has 20 heavy (non-hydrogen) atoms. The second kappa shape index (κ2) is 5.06. The molecular formula is C18H18N2. The molecule has 0 amide bonds. The lowest BCUT2D eigenvalue weighted by molar-refractivity contribution is 0.827. The summed E-state index contributed by atoms with van der Waals surface area (Å²) >= 11 is 0. The first-order valence-corrected chi connectivity index (χ1v) is 6.83. The Morgan fingerprint density at radius 3 is 2.55 bits per heavy atom. The lowest BCUT2D eigenvalue weighted by Crippen LogP contribution is -2.14. The third kappa shape index (κ3) is 2.30. The van der Waals surface area contributed by atoms with Crippen LogP contribution in [0.1, 0.15) is 28.4 Å². The van der Waals surface area contributed by atoms with Crippen LogP contribution in [0.2, 0.25) is 0 Å². The molecule has 0 radical (unpaired) electrons. The van der Waals surface area contributed by atoms with E-state index in [1.165, 1.54) is 11.1 Å². The van der Waals surface area contributed by atoms with Gasteiger partial charge in [-0.05, 0) is 37.1 Å². The highest BCUT2D eigenvalue weighted by Gasteiger charge is 2.13. The van der Waals surface area contributed by atoms with Gasteiger partial charge in [0.2, 0.25) is 0 Å². The molecule has 0 saturated carbocycles. The molecule has 2 N–H and O–H groups in total. The second-order valence-electron chi connectivity index (χ2n) is 5.27. The fraction of sp³-hybridized carbons (Fsp3) is 0.167. The fourth-order valence-corrected chi connectivity index (χ4v) is 2.59. The Morgan fingerprint density at radius 1 is 0.950 bits per heavy atom. The van der Waals surface area contributed by atoms with Gasteiger partial charge >= 0.3 is 0 Å². The van der Waals surface area contributed by atoms with E-state index in [0.717, 1.165) is 22.2 Å². The topological polar surface area (TPSA) is 38.9 Å². The van der Waals surface area contributed by atoms with Crippen LogP contribution in [-0.4, -0.2) is 4.98 Å². The summed E-state index contributed by atoms with van der Waals surface area (Å²) in [6.45, 7) is 4.19. The maximum atomic E-state index is 6.40. The number of rotatable bonds is 2. The molecule has 100 valence electrons. The monoisotopic (exact) mass is 262 g/mol. The van der Waals surface area contributed by atoms with Gasteiger partial charge in [0.15, 0.2) is 0 Å². The molecule has 0 fully saturated rings. The summed E-state index contributed by atoms with van der Waals surface area (Å²) in [7, 11) is 0. The van der Waals surface area contributed by atoms with E-state index >= 15 is 0 Å². The van der Waals surface area contributed by atoms with Gasteiger partial charge in [0, 0.05) is 5.39 Å². The third-order valence-electron chi connectivity index (χ3n) is 3.70. The quantitative estimate of drug-likeness (QED) is 0.760. The molecule has 2 aromatic carbocycles. The number of hydrogen-bond acceptors (Lipinski definition) is 2. The molecule has 1 atom stereocenters. The fourth-order valence-electron chi connectivity index (χ4n) is 2.59. The van der Waals surface area contributed by atoms with Gasteiger partial charge in [-0.1, -0.05) is 48.0 Å². The lowest BCUT2D eigenvalue weighted by Gasteiger charge is -2.15. The highest BCUT2D eigenvalue weighted by molar-refractivity contribution is 5.78. The molecule has 0 aliphatic heterocycles. The van der Waals surface area contributed by atoms with Gasteiger partial charge in [-0.2, -0.15) is 0 Å². The predicted octanol–water partition coefficient (Wildman–Crippen LogP) is 3.90. The Morgan fingerprint density at radius 2 is 1.75 bits per heavy atom. The molecule has 3 rings (SSSR count). The maximum absolute atomic E-state index is 6.40. The SMILES string of the molecule is Cc1ccc(C(N)c2ccc3ccccc3n2)c(C)c1. The molecule has 3 aromatic rings. The Bertz CT molecular complexity index is 762. The standard InChI is InChI=1S/C18H18N2/c1-12-7-9-15(13(2)11-12)18(19)17-10-8-14-5-3-4-6-16(14)20-17/h3-11,18H,19H2,1-2H3. The van der Waals surface area contributed by atoms with Crippen molar-refractivity contribution in [1.82, 2.24) is 4.98 Å². The van der Waals surface area contributed by atoms with Crippen molar-refractivity contribution in [3.8, 4) is 0 Å². The average Bonchev–Trinajstić information content (AvgIpc) is 2.46. The molecule has 1 aromatic heterocycles. The van der Waals surface area contributed by atoms with Crippen molar-refractivity contribution < 1.29 is 0 Å². The number of aryl methyl sites for hydroxylation is 2. The Balaban J connectivity index is 2.05. The van der Waals surface area contributed by atoms with Crippen LogP contribution in [0.15, 0.2) is 54.6 Å². The van der Waals surface area contributed by atoms with Crippen molar-refractivity contribution >= 4 is 10.9 Å². The summed E-state index contributed by atoms with van der Waals surface area (Å²) in [5.41, 5.74) is 11.9. The van der Waals surface area contributed by atoms with Crippen LogP contribution in [0.5, 0.6) is 0 Å². The van der Waals surface area contributed by atoms with Gasteiger partial charge in [0.05, 0.1) is 17.3 Å². The van der Waals surface area contributed by atoms with E-state index in [2.05, 4.69) is 44.2 Å². The minimum Gasteiger partial charge on any atom is -0.319 e. The summed E-state index contributed by atoms with van der Waals surface area (Å²) in [6.07, 6.45) is 0.